The number of carbonyl (C=O) groups excluding carboxylic acids is 1. The first-order valence-corrected chi connectivity index (χ1v) is 6.50. The molecule has 0 aromatic carbocycles. The number of aliphatic carboxylic acids is 1. The van der Waals surface area contributed by atoms with Gasteiger partial charge in [0.25, 0.3) is 0 Å². The summed E-state index contributed by atoms with van der Waals surface area (Å²) in [5, 5.41) is 11.8. The molecule has 0 aliphatic heterocycles. The van der Waals surface area contributed by atoms with Crippen molar-refractivity contribution in [3.05, 3.63) is 0 Å². The summed E-state index contributed by atoms with van der Waals surface area (Å²) >= 11 is 0. The molecule has 2 fully saturated rings. The molecule has 0 spiro atoms. The zero-order valence-electron chi connectivity index (χ0n) is 10.5. The largest absolute Gasteiger partial charge is 0.481 e. The Hall–Kier alpha value is -1.06. The van der Waals surface area contributed by atoms with Crippen LogP contribution >= 0.6 is 0 Å². The van der Waals surface area contributed by atoms with Crippen LogP contribution in [0.1, 0.15) is 39.5 Å². The predicted octanol–water partition coefficient (Wildman–Crippen LogP) is 1.65. The maximum atomic E-state index is 11.8. The summed E-state index contributed by atoms with van der Waals surface area (Å²) in [4.78, 5) is 22.5. The van der Waals surface area contributed by atoms with Gasteiger partial charge in [-0.15, -0.1) is 0 Å². The SMILES string of the molecule is CC1CC(C)CC(NC(=O)[C@@H]2C[C@@H]2C(=O)O)C1. The van der Waals surface area contributed by atoms with Crippen molar-refractivity contribution in [3.8, 4) is 0 Å². The third-order valence-electron chi connectivity index (χ3n) is 3.97. The van der Waals surface area contributed by atoms with Crippen LogP contribution in [-0.2, 0) is 9.59 Å². The molecule has 0 saturated heterocycles. The summed E-state index contributed by atoms with van der Waals surface area (Å²) in [6.07, 6.45) is 3.80. The summed E-state index contributed by atoms with van der Waals surface area (Å²) in [6.45, 7) is 4.43. The molecule has 2 aliphatic rings. The Morgan fingerprint density at radius 1 is 1.00 bits per heavy atom. The Morgan fingerprint density at radius 3 is 2.06 bits per heavy atom. The highest BCUT2D eigenvalue weighted by atomic mass is 16.4. The standard InChI is InChI=1S/C13H21NO3/c1-7-3-8(2)5-9(4-7)14-12(15)10-6-11(10)13(16)17/h7-11H,3-6H2,1-2H3,(H,14,15)(H,16,17)/t7?,8?,9?,10-,11+/m1/s1. The van der Waals surface area contributed by atoms with Gasteiger partial charge in [-0.1, -0.05) is 13.8 Å². The van der Waals surface area contributed by atoms with Gasteiger partial charge in [-0.25, -0.2) is 0 Å². The van der Waals surface area contributed by atoms with Gasteiger partial charge in [0.1, 0.15) is 0 Å². The minimum Gasteiger partial charge on any atom is -0.481 e. The van der Waals surface area contributed by atoms with E-state index in [0.29, 0.717) is 18.3 Å². The third-order valence-corrected chi connectivity index (χ3v) is 3.97. The first kappa shape index (κ1) is 12.4. The Balaban J connectivity index is 1.81. The molecule has 0 aromatic heterocycles. The summed E-state index contributed by atoms with van der Waals surface area (Å²) < 4.78 is 0. The predicted molar refractivity (Wildman–Crippen MR) is 63.3 cm³/mol. The van der Waals surface area contributed by atoms with E-state index in [-0.39, 0.29) is 17.9 Å². The van der Waals surface area contributed by atoms with Crippen LogP contribution in [0, 0.1) is 23.7 Å². The van der Waals surface area contributed by atoms with E-state index in [4.69, 9.17) is 5.11 Å². The Kier molecular flexibility index (Phi) is 3.40. The molecule has 2 aliphatic carbocycles. The van der Waals surface area contributed by atoms with Crippen molar-refractivity contribution in [2.75, 3.05) is 0 Å². The van der Waals surface area contributed by atoms with Crippen molar-refractivity contribution in [1.82, 2.24) is 5.32 Å². The van der Waals surface area contributed by atoms with Gasteiger partial charge in [0.2, 0.25) is 5.91 Å². The number of nitrogens with one attached hydrogen (secondary N) is 1. The number of carbonyl (C=O) groups is 2. The van der Waals surface area contributed by atoms with Crippen LogP contribution in [0.4, 0.5) is 0 Å². The molecule has 1 amide bonds. The molecule has 2 N–H and O–H groups in total. The molecule has 17 heavy (non-hydrogen) atoms. The van der Waals surface area contributed by atoms with Crippen LogP contribution in [0.25, 0.3) is 0 Å². The fourth-order valence-electron chi connectivity index (χ4n) is 3.13. The van der Waals surface area contributed by atoms with E-state index < -0.39 is 11.9 Å². The van der Waals surface area contributed by atoms with Crippen molar-refractivity contribution in [3.63, 3.8) is 0 Å². The second-order valence-corrected chi connectivity index (χ2v) is 5.91. The van der Waals surface area contributed by atoms with Crippen molar-refractivity contribution in [2.24, 2.45) is 23.7 Å². The van der Waals surface area contributed by atoms with Gasteiger partial charge in [-0.05, 0) is 37.5 Å². The van der Waals surface area contributed by atoms with E-state index in [1.165, 1.54) is 6.42 Å². The molecule has 4 nitrogen and oxygen atoms in total. The van der Waals surface area contributed by atoms with Crippen molar-refractivity contribution in [2.45, 2.75) is 45.6 Å². The smallest absolute Gasteiger partial charge is 0.307 e. The van der Waals surface area contributed by atoms with E-state index in [0.717, 1.165) is 12.8 Å². The van der Waals surface area contributed by atoms with E-state index in [2.05, 4.69) is 19.2 Å². The molecular weight excluding hydrogens is 218 g/mol. The zero-order chi connectivity index (χ0) is 12.6. The Labute approximate surface area is 102 Å². The van der Waals surface area contributed by atoms with E-state index >= 15 is 0 Å². The second kappa shape index (κ2) is 4.67. The summed E-state index contributed by atoms with van der Waals surface area (Å²) in [7, 11) is 0. The van der Waals surface area contributed by atoms with Gasteiger partial charge in [-0.2, -0.15) is 0 Å². The first-order chi connectivity index (χ1) is 7.97. The average Bonchev–Trinajstić information content (AvgIpc) is 2.94. The average molecular weight is 239 g/mol. The van der Waals surface area contributed by atoms with Gasteiger partial charge in [0, 0.05) is 6.04 Å². The number of rotatable bonds is 3. The van der Waals surface area contributed by atoms with E-state index in [9.17, 15) is 9.59 Å². The number of hydrogen-bond acceptors (Lipinski definition) is 2. The summed E-state index contributed by atoms with van der Waals surface area (Å²) in [5.41, 5.74) is 0. The fraction of sp³-hybridized carbons (Fsp3) is 0.846. The lowest BCUT2D eigenvalue weighted by Gasteiger charge is -2.32. The Bertz CT molecular complexity index is 319. The van der Waals surface area contributed by atoms with Crippen molar-refractivity contribution < 1.29 is 14.7 Å². The number of hydrogen-bond donors (Lipinski definition) is 2. The van der Waals surface area contributed by atoms with Crippen molar-refractivity contribution in [1.29, 1.82) is 0 Å². The van der Waals surface area contributed by atoms with Crippen LogP contribution in [0.5, 0.6) is 0 Å². The number of carboxylic acids is 1. The zero-order valence-corrected chi connectivity index (χ0v) is 10.5. The molecule has 0 aromatic rings. The minimum atomic E-state index is -0.837. The molecule has 4 atom stereocenters. The molecule has 0 bridgehead atoms. The van der Waals surface area contributed by atoms with Crippen LogP contribution in [0.15, 0.2) is 0 Å². The highest BCUT2D eigenvalue weighted by Gasteiger charge is 2.48. The van der Waals surface area contributed by atoms with Gasteiger partial charge in [0.05, 0.1) is 11.8 Å². The second-order valence-electron chi connectivity index (χ2n) is 5.91. The summed E-state index contributed by atoms with van der Waals surface area (Å²) in [5.74, 6) is -0.301. The van der Waals surface area contributed by atoms with Gasteiger partial charge in [-0.3, -0.25) is 9.59 Å². The molecule has 0 heterocycles. The van der Waals surface area contributed by atoms with Gasteiger partial charge in [0.15, 0.2) is 0 Å². The maximum absolute atomic E-state index is 11.8. The van der Waals surface area contributed by atoms with Crippen LogP contribution in [0.2, 0.25) is 0 Å². The number of carboxylic acid groups (broad SMARTS) is 1. The van der Waals surface area contributed by atoms with Crippen LogP contribution < -0.4 is 5.32 Å². The first-order valence-electron chi connectivity index (χ1n) is 6.50. The molecule has 0 radical (unpaired) electrons. The lowest BCUT2D eigenvalue weighted by molar-refractivity contribution is -0.140. The molecule has 4 heteroatoms. The number of amides is 1. The monoisotopic (exact) mass is 239 g/mol. The van der Waals surface area contributed by atoms with Crippen LogP contribution in [-0.4, -0.2) is 23.0 Å². The molecule has 2 saturated carbocycles. The highest BCUT2D eigenvalue weighted by molar-refractivity contribution is 5.89. The summed E-state index contributed by atoms with van der Waals surface area (Å²) in [6, 6.07) is 0.247. The lowest BCUT2D eigenvalue weighted by Crippen LogP contribution is -2.41. The normalized spacial score (nSPS) is 40.7. The molecule has 2 unspecified atom stereocenters. The highest BCUT2D eigenvalue weighted by Crippen LogP contribution is 2.39. The van der Waals surface area contributed by atoms with Crippen molar-refractivity contribution >= 4 is 11.9 Å². The quantitative estimate of drug-likeness (QED) is 0.787. The van der Waals surface area contributed by atoms with Gasteiger partial charge < -0.3 is 10.4 Å². The fourth-order valence-corrected chi connectivity index (χ4v) is 3.13. The minimum absolute atomic E-state index is 0.0521. The third kappa shape index (κ3) is 2.99. The maximum Gasteiger partial charge on any atom is 0.307 e. The van der Waals surface area contributed by atoms with E-state index in [1.54, 1.807) is 0 Å². The lowest BCUT2D eigenvalue weighted by atomic mass is 9.80. The van der Waals surface area contributed by atoms with Crippen LogP contribution in [0.3, 0.4) is 0 Å². The Morgan fingerprint density at radius 2 is 1.59 bits per heavy atom. The van der Waals surface area contributed by atoms with E-state index in [1.807, 2.05) is 0 Å². The topological polar surface area (TPSA) is 66.4 Å². The molecule has 2 rings (SSSR count). The van der Waals surface area contributed by atoms with Gasteiger partial charge >= 0.3 is 5.97 Å². The molecule has 96 valence electrons. The molecular formula is C13H21NO3.